The van der Waals surface area contributed by atoms with Crippen LogP contribution in [-0.4, -0.2) is 31.9 Å². The fraction of sp³-hybridized carbons (Fsp3) is 0.400. The molecule has 0 bridgehead atoms. The van der Waals surface area contributed by atoms with Gasteiger partial charge in [-0.05, 0) is 62.3 Å². The van der Waals surface area contributed by atoms with Gasteiger partial charge in [-0.15, -0.1) is 0 Å². The highest BCUT2D eigenvalue weighted by atomic mass is 35.5. The summed E-state index contributed by atoms with van der Waals surface area (Å²) in [6, 6.07) is 14.9. The predicted octanol–water partition coefficient (Wildman–Crippen LogP) is 5.30. The van der Waals surface area contributed by atoms with Gasteiger partial charge in [-0.1, -0.05) is 48.9 Å². The average Bonchev–Trinajstić information content (AvgIpc) is 3.25. The number of benzene rings is 2. The van der Waals surface area contributed by atoms with Crippen LogP contribution in [0.4, 0.5) is 4.79 Å². The van der Waals surface area contributed by atoms with Crippen molar-refractivity contribution in [1.29, 1.82) is 0 Å². The molecule has 3 amide bonds. The number of halogens is 1. The minimum Gasteiger partial charge on any atom is -0.323 e. The van der Waals surface area contributed by atoms with E-state index in [1.165, 1.54) is 4.90 Å². The summed E-state index contributed by atoms with van der Waals surface area (Å²) in [7, 11) is 0. The van der Waals surface area contributed by atoms with E-state index in [1.807, 2.05) is 43.3 Å². The summed E-state index contributed by atoms with van der Waals surface area (Å²) < 4.78 is 2.08. The van der Waals surface area contributed by atoms with Crippen LogP contribution in [0.3, 0.4) is 0 Å². The van der Waals surface area contributed by atoms with Gasteiger partial charge in [0.05, 0.1) is 17.1 Å². The number of imidazole rings is 1. The van der Waals surface area contributed by atoms with E-state index < -0.39 is 11.6 Å². The third kappa shape index (κ3) is 3.47. The van der Waals surface area contributed by atoms with Gasteiger partial charge in [0.15, 0.2) is 0 Å². The second kappa shape index (κ2) is 7.93. The van der Waals surface area contributed by atoms with Crippen LogP contribution in [0.2, 0.25) is 5.02 Å². The molecule has 1 aliphatic carbocycles. The highest BCUT2D eigenvalue weighted by Crippen LogP contribution is 2.39. The molecule has 0 radical (unpaired) electrons. The number of amides is 3. The Labute approximate surface area is 192 Å². The lowest BCUT2D eigenvalue weighted by Gasteiger charge is -2.34. The molecule has 6 nitrogen and oxygen atoms in total. The van der Waals surface area contributed by atoms with Gasteiger partial charge in [-0.3, -0.25) is 9.69 Å². The molecule has 1 atom stereocenters. The number of imide groups is 1. The number of hydrogen-bond acceptors (Lipinski definition) is 3. The molecule has 1 aliphatic heterocycles. The molecule has 7 heteroatoms. The molecule has 0 unspecified atom stereocenters. The average molecular weight is 451 g/mol. The van der Waals surface area contributed by atoms with E-state index in [0.717, 1.165) is 29.4 Å². The smallest absolute Gasteiger partial charge is 0.323 e. The molecule has 1 spiro atoms. The molecule has 2 aromatic carbocycles. The highest BCUT2D eigenvalue weighted by Gasteiger charge is 2.54. The summed E-state index contributed by atoms with van der Waals surface area (Å²) in [6.07, 6.45) is 3.27. The monoisotopic (exact) mass is 450 g/mol. The number of fused-ring (bicyclic) bond motifs is 1. The zero-order valence-corrected chi connectivity index (χ0v) is 19.1. The Balaban J connectivity index is 1.54. The molecule has 32 heavy (non-hydrogen) atoms. The summed E-state index contributed by atoms with van der Waals surface area (Å²) in [6.45, 7) is 4.67. The summed E-state index contributed by atoms with van der Waals surface area (Å²) in [5.74, 6) is 1.13. The van der Waals surface area contributed by atoms with Gasteiger partial charge in [0.2, 0.25) is 0 Å². The topological polar surface area (TPSA) is 67.2 Å². The van der Waals surface area contributed by atoms with Gasteiger partial charge in [0.25, 0.3) is 5.91 Å². The Bertz CT molecular complexity index is 1180. The van der Waals surface area contributed by atoms with E-state index in [0.29, 0.717) is 36.2 Å². The minimum absolute atomic E-state index is 0.127. The number of aromatic nitrogens is 2. The number of hydrogen-bond donors (Lipinski definition) is 1. The van der Waals surface area contributed by atoms with Gasteiger partial charge >= 0.3 is 6.03 Å². The molecule has 1 saturated carbocycles. The molecule has 1 aromatic heterocycles. The number of carbonyl (C=O) groups excluding carboxylic acids is 2. The van der Waals surface area contributed by atoms with Crippen molar-refractivity contribution in [2.45, 2.75) is 57.7 Å². The lowest BCUT2D eigenvalue weighted by atomic mass is 9.77. The van der Waals surface area contributed by atoms with E-state index in [-0.39, 0.29) is 11.9 Å². The van der Waals surface area contributed by atoms with Crippen LogP contribution in [0.1, 0.15) is 57.0 Å². The molecule has 1 saturated heterocycles. The van der Waals surface area contributed by atoms with Crippen molar-refractivity contribution in [3.8, 4) is 0 Å². The first-order chi connectivity index (χ1) is 15.4. The van der Waals surface area contributed by atoms with Crippen molar-refractivity contribution in [1.82, 2.24) is 19.8 Å². The minimum atomic E-state index is -0.766. The molecule has 5 rings (SSSR count). The number of nitrogens with zero attached hydrogens (tertiary/aromatic N) is 3. The Morgan fingerprint density at radius 1 is 1.16 bits per heavy atom. The van der Waals surface area contributed by atoms with Gasteiger partial charge < -0.3 is 9.88 Å². The summed E-state index contributed by atoms with van der Waals surface area (Å²) >= 11 is 6.22. The lowest BCUT2D eigenvalue weighted by molar-refractivity contribution is -0.134. The SMILES string of the molecule is CC1CCC2(CC1)NC(=O)N([C@H](C)c1nc3cc(Cl)ccc3n1Cc1ccccc1)C2=O. The maximum atomic E-state index is 13.5. The first-order valence-corrected chi connectivity index (χ1v) is 11.6. The zero-order chi connectivity index (χ0) is 22.5. The van der Waals surface area contributed by atoms with Crippen LogP contribution in [-0.2, 0) is 11.3 Å². The van der Waals surface area contributed by atoms with E-state index >= 15 is 0 Å². The number of urea groups is 1. The van der Waals surface area contributed by atoms with Crippen molar-refractivity contribution in [2.24, 2.45) is 5.92 Å². The van der Waals surface area contributed by atoms with Crippen molar-refractivity contribution >= 4 is 34.6 Å². The third-order valence-electron chi connectivity index (χ3n) is 7.01. The second-order valence-electron chi connectivity index (χ2n) is 9.22. The molecule has 2 heterocycles. The Kier molecular flexibility index (Phi) is 5.20. The van der Waals surface area contributed by atoms with Crippen LogP contribution in [0.25, 0.3) is 11.0 Å². The van der Waals surface area contributed by atoms with Crippen LogP contribution in [0.15, 0.2) is 48.5 Å². The van der Waals surface area contributed by atoms with Crippen LogP contribution < -0.4 is 5.32 Å². The fourth-order valence-electron chi connectivity index (χ4n) is 5.07. The molecular formula is C25H27ClN4O2. The van der Waals surface area contributed by atoms with Crippen molar-refractivity contribution in [3.63, 3.8) is 0 Å². The van der Waals surface area contributed by atoms with Gasteiger partial charge in [0.1, 0.15) is 11.4 Å². The molecular weight excluding hydrogens is 424 g/mol. The van der Waals surface area contributed by atoms with E-state index in [1.54, 1.807) is 0 Å². The quantitative estimate of drug-likeness (QED) is 0.548. The van der Waals surface area contributed by atoms with Crippen molar-refractivity contribution in [2.75, 3.05) is 0 Å². The first kappa shape index (κ1) is 21.0. The fourth-order valence-corrected chi connectivity index (χ4v) is 5.24. The Morgan fingerprint density at radius 2 is 1.88 bits per heavy atom. The maximum Gasteiger partial charge on any atom is 0.325 e. The Hall–Kier alpha value is -2.86. The molecule has 3 aromatic rings. The maximum absolute atomic E-state index is 13.5. The third-order valence-corrected chi connectivity index (χ3v) is 7.24. The summed E-state index contributed by atoms with van der Waals surface area (Å²) in [5, 5.41) is 3.63. The second-order valence-corrected chi connectivity index (χ2v) is 9.66. The number of nitrogens with one attached hydrogen (secondary N) is 1. The predicted molar refractivity (Wildman–Crippen MR) is 124 cm³/mol. The first-order valence-electron chi connectivity index (χ1n) is 11.2. The van der Waals surface area contributed by atoms with E-state index in [9.17, 15) is 9.59 Å². The van der Waals surface area contributed by atoms with Crippen molar-refractivity contribution in [3.05, 3.63) is 64.9 Å². The van der Waals surface area contributed by atoms with E-state index in [2.05, 4.69) is 28.9 Å². The zero-order valence-electron chi connectivity index (χ0n) is 18.3. The number of carbonyl (C=O) groups is 2. The lowest BCUT2D eigenvalue weighted by Crippen LogP contribution is -2.49. The van der Waals surface area contributed by atoms with Crippen LogP contribution in [0.5, 0.6) is 0 Å². The largest absolute Gasteiger partial charge is 0.325 e. The van der Waals surface area contributed by atoms with Gasteiger partial charge in [-0.2, -0.15) is 0 Å². The van der Waals surface area contributed by atoms with Crippen molar-refractivity contribution < 1.29 is 9.59 Å². The normalized spacial score (nSPS) is 24.3. The number of rotatable bonds is 4. The molecule has 166 valence electrons. The van der Waals surface area contributed by atoms with E-state index in [4.69, 9.17) is 16.6 Å². The van der Waals surface area contributed by atoms with Crippen LogP contribution >= 0.6 is 11.6 Å². The Morgan fingerprint density at radius 3 is 2.59 bits per heavy atom. The summed E-state index contributed by atoms with van der Waals surface area (Å²) in [5.41, 5.74) is 2.03. The molecule has 2 fully saturated rings. The van der Waals surface area contributed by atoms with Gasteiger partial charge in [0, 0.05) is 11.6 Å². The van der Waals surface area contributed by atoms with Crippen LogP contribution in [0, 0.1) is 5.92 Å². The standard InChI is InChI=1S/C25H27ClN4O2/c1-16-10-12-25(13-11-16)23(31)30(24(32)28-25)17(2)22-27-20-14-19(26)8-9-21(20)29(22)15-18-6-4-3-5-7-18/h3-9,14,16-17H,10-13,15H2,1-2H3,(H,28,32)/t16?,17-,25?/m1/s1. The summed E-state index contributed by atoms with van der Waals surface area (Å²) in [4.78, 5) is 32.8. The molecule has 2 aliphatic rings. The molecule has 1 N–H and O–H groups in total. The highest BCUT2D eigenvalue weighted by molar-refractivity contribution is 6.31. The van der Waals surface area contributed by atoms with Gasteiger partial charge in [-0.25, -0.2) is 9.78 Å².